The molecule has 0 saturated carbocycles. The van der Waals surface area contributed by atoms with Crippen LogP contribution < -0.4 is 19.9 Å². The molecule has 2 N–H and O–H groups in total. The molecule has 0 radical (unpaired) electrons. The van der Waals surface area contributed by atoms with Crippen LogP contribution in [0.25, 0.3) is 16.9 Å². The van der Waals surface area contributed by atoms with Crippen LogP contribution >= 0.6 is 0 Å². The first-order valence-corrected chi connectivity index (χ1v) is 8.22. The molecule has 1 heterocycles. The number of hydrogen-bond acceptors (Lipinski definition) is 5. The van der Waals surface area contributed by atoms with Crippen molar-refractivity contribution in [2.45, 2.75) is 13.8 Å². The zero-order chi connectivity index (χ0) is 18.8. The average Bonchev–Trinajstić information content (AvgIpc) is 3.03. The number of ether oxygens (including phenoxy) is 3. The van der Waals surface area contributed by atoms with Gasteiger partial charge in [0.1, 0.15) is 0 Å². The highest BCUT2D eigenvalue weighted by atomic mass is 16.5. The van der Waals surface area contributed by atoms with E-state index in [1.165, 1.54) is 0 Å². The van der Waals surface area contributed by atoms with E-state index in [2.05, 4.69) is 5.10 Å². The Morgan fingerprint density at radius 1 is 0.885 bits per heavy atom. The summed E-state index contributed by atoms with van der Waals surface area (Å²) in [5.41, 5.74) is 11.4. The van der Waals surface area contributed by atoms with E-state index in [1.807, 2.05) is 54.9 Å². The van der Waals surface area contributed by atoms with E-state index in [1.54, 1.807) is 21.3 Å². The van der Waals surface area contributed by atoms with Crippen molar-refractivity contribution < 1.29 is 14.2 Å². The SMILES string of the molecule is COc1cc(-c2cc(C)nn2-c2cc(N)ccc2C)cc(OC)c1OC. The standard InChI is InChI=1S/C20H23N3O3/c1-12-6-7-15(21)11-16(12)23-17(8-13(2)22-23)14-9-18(24-3)20(26-5)19(10-14)25-4/h6-11H,21H2,1-5H3. The minimum Gasteiger partial charge on any atom is -0.493 e. The summed E-state index contributed by atoms with van der Waals surface area (Å²) in [6, 6.07) is 11.6. The monoisotopic (exact) mass is 353 g/mol. The molecule has 0 spiro atoms. The minimum atomic E-state index is 0.557. The Labute approximate surface area is 153 Å². The van der Waals surface area contributed by atoms with Crippen LogP contribution in [0.5, 0.6) is 17.2 Å². The lowest BCUT2D eigenvalue weighted by Crippen LogP contribution is -2.03. The third kappa shape index (κ3) is 3.06. The smallest absolute Gasteiger partial charge is 0.203 e. The van der Waals surface area contributed by atoms with E-state index < -0.39 is 0 Å². The van der Waals surface area contributed by atoms with Gasteiger partial charge in [-0.05, 0) is 49.7 Å². The summed E-state index contributed by atoms with van der Waals surface area (Å²) in [5.74, 6) is 1.75. The Morgan fingerprint density at radius 3 is 2.12 bits per heavy atom. The van der Waals surface area contributed by atoms with Gasteiger partial charge in [0.2, 0.25) is 5.75 Å². The Bertz CT molecular complexity index is 922. The molecule has 1 aromatic heterocycles. The van der Waals surface area contributed by atoms with Gasteiger partial charge >= 0.3 is 0 Å². The van der Waals surface area contributed by atoms with Gasteiger partial charge < -0.3 is 19.9 Å². The van der Waals surface area contributed by atoms with E-state index in [-0.39, 0.29) is 0 Å². The molecule has 3 rings (SSSR count). The molecule has 0 unspecified atom stereocenters. The van der Waals surface area contributed by atoms with Gasteiger partial charge in [-0.3, -0.25) is 0 Å². The molecule has 6 nitrogen and oxygen atoms in total. The second kappa shape index (κ2) is 7.00. The van der Waals surface area contributed by atoms with Gasteiger partial charge in [-0.2, -0.15) is 5.10 Å². The average molecular weight is 353 g/mol. The lowest BCUT2D eigenvalue weighted by atomic mass is 10.1. The molecule has 0 bridgehead atoms. The third-order valence-corrected chi connectivity index (χ3v) is 4.25. The molecule has 6 heteroatoms. The summed E-state index contributed by atoms with van der Waals surface area (Å²) in [4.78, 5) is 0. The molecule has 136 valence electrons. The normalized spacial score (nSPS) is 10.7. The summed E-state index contributed by atoms with van der Waals surface area (Å²) in [7, 11) is 4.79. The molecular weight excluding hydrogens is 330 g/mol. The van der Waals surface area contributed by atoms with Crippen LogP contribution in [-0.2, 0) is 0 Å². The van der Waals surface area contributed by atoms with Crippen molar-refractivity contribution in [2.24, 2.45) is 0 Å². The molecule has 3 aromatic rings. The fraction of sp³-hybridized carbons (Fsp3) is 0.250. The number of benzene rings is 2. The van der Waals surface area contributed by atoms with Crippen molar-refractivity contribution >= 4 is 5.69 Å². The van der Waals surface area contributed by atoms with Gasteiger partial charge in [0.15, 0.2) is 11.5 Å². The van der Waals surface area contributed by atoms with E-state index in [4.69, 9.17) is 19.9 Å². The van der Waals surface area contributed by atoms with Crippen LogP contribution in [0.2, 0.25) is 0 Å². The molecule has 0 aliphatic carbocycles. The zero-order valence-corrected chi connectivity index (χ0v) is 15.7. The highest BCUT2D eigenvalue weighted by Gasteiger charge is 2.18. The second-order valence-corrected chi connectivity index (χ2v) is 6.04. The molecule has 26 heavy (non-hydrogen) atoms. The van der Waals surface area contributed by atoms with E-state index in [9.17, 15) is 0 Å². The summed E-state index contributed by atoms with van der Waals surface area (Å²) in [6.07, 6.45) is 0. The number of nitrogens with two attached hydrogens (primary N) is 1. The second-order valence-electron chi connectivity index (χ2n) is 6.04. The van der Waals surface area contributed by atoms with E-state index in [0.717, 1.165) is 28.2 Å². The van der Waals surface area contributed by atoms with Gasteiger partial charge in [0, 0.05) is 11.3 Å². The molecule has 0 aliphatic heterocycles. The zero-order valence-electron chi connectivity index (χ0n) is 15.7. The number of aryl methyl sites for hydroxylation is 2. The Kier molecular flexibility index (Phi) is 4.75. The highest BCUT2D eigenvalue weighted by molar-refractivity contribution is 5.71. The quantitative estimate of drug-likeness (QED) is 0.707. The van der Waals surface area contributed by atoms with Crippen LogP contribution in [0, 0.1) is 13.8 Å². The molecule has 0 amide bonds. The van der Waals surface area contributed by atoms with Crippen LogP contribution in [0.15, 0.2) is 36.4 Å². The molecule has 0 aliphatic rings. The molecule has 0 atom stereocenters. The van der Waals surface area contributed by atoms with Gasteiger partial charge in [0.05, 0.1) is 38.4 Å². The molecule has 0 fully saturated rings. The Morgan fingerprint density at radius 2 is 1.54 bits per heavy atom. The van der Waals surface area contributed by atoms with Crippen molar-refractivity contribution in [1.82, 2.24) is 9.78 Å². The van der Waals surface area contributed by atoms with E-state index in [0.29, 0.717) is 22.9 Å². The Hall–Kier alpha value is -3.15. The largest absolute Gasteiger partial charge is 0.493 e. The number of methoxy groups -OCH3 is 3. The fourth-order valence-electron chi connectivity index (χ4n) is 2.97. The van der Waals surface area contributed by atoms with Gasteiger partial charge in [-0.25, -0.2) is 4.68 Å². The first-order valence-electron chi connectivity index (χ1n) is 8.22. The van der Waals surface area contributed by atoms with Crippen LogP contribution in [0.3, 0.4) is 0 Å². The lowest BCUT2D eigenvalue weighted by Gasteiger charge is -2.16. The van der Waals surface area contributed by atoms with Crippen LogP contribution in [0.1, 0.15) is 11.3 Å². The lowest BCUT2D eigenvalue weighted by molar-refractivity contribution is 0.324. The fourth-order valence-corrected chi connectivity index (χ4v) is 2.97. The topological polar surface area (TPSA) is 71.5 Å². The van der Waals surface area contributed by atoms with Gasteiger partial charge in [-0.15, -0.1) is 0 Å². The summed E-state index contributed by atoms with van der Waals surface area (Å²) in [5, 5.41) is 4.66. The first-order chi connectivity index (χ1) is 12.5. The maximum atomic E-state index is 5.99. The van der Waals surface area contributed by atoms with Crippen molar-refractivity contribution in [2.75, 3.05) is 27.1 Å². The van der Waals surface area contributed by atoms with Crippen molar-refractivity contribution in [3.05, 3.63) is 47.7 Å². The van der Waals surface area contributed by atoms with Gasteiger partial charge in [0.25, 0.3) is 0 Å². The number of hydrogen-bond donors (Lipinski definition) is 1. The third-order valence-electron chi connectivity index (χ3n) is 4.25. The predicted molar refractivity (Wildman–Crippen MR) is 103 cm³/mol. The minimum absolute atomic E-state index is 0.557. The summed E-state index contributed by atoms with van der Waals surface area (Å²) >= 11 is 0. The van der Waals surface area contributed by atoms with E-state index >= 15 is 0 Å². The molecular formula is C20H23N3O3. The number of rotatable bonds is 5. The number of nitrogens with zero attached hydrogens (tertiary/aromatic N) is 2. The Balaban J connectivity index is 2.24. The maximum Gasteiger partial charge on any atom is 0.203 e. The van der Waals surface area contributed by atoms with Crippen molar-refractivity contribution in [3.63, 3.8) is 0 Å². The van der Waals surface area contributed by atoms with Crippen molar-refractivity contribution in [3.8, 4) is 34.2 Å². The van der Waals surface area contributed by atoms with Crippen LogP contribution in [-0.4, -0.2) is 31.1 Å². The van der Waals surface area contributed by atoms with Gasteiger partial charge in [-0.1, -0.05) is 6.07 Å². The number of aromatic nitrogens is 2. The first kappa shape index (κ1) is 17.7. The maximum absolute atomic E-state index is 5.99. The van der Waals surface area contributed by atoms with Crippen LogP contribution in [0.4, 0.5) is 5.69 Å². The number of anilines is 1. The number of nitrogen functional groups attached to an aromatic ring is 1. The predicted octanol–water partition coefficient (Wildman–Crippen LogP) is 3.76. The summed E-state index contributed by atoms with van der Waals surface area (Å²) in [6.45, 7) is 3.99. The highest BCUT2D eigenvalue weighted by Crippen LogP contribution is 2.41. The summed E-state index contributed by atoms with van der Waals surface area (Å²) < 4.78 is 18.3. The molecule has 0 saturated heterocycles. The molecule has 2 aromatic carbocycles. The van der Waals surface area contributed by atoms with Crippen molar-refractivity contribution in [1.29, 1.82) is 0 Å².